The van der Waals surface area contributed by atoms with Crippen molar-refractivity contribution in [2.45, 2.75) is 13.0 Å². The van der Waals surface area contributed by atoms with Crippen molar-refractivity contribution in [2.75, 3.05) is 5.75 Å². The fraction of sp³-hybridized carbons (Fsp3) is 0.120. The lowest BCUT2D eigenvalue weighted by molar-refractivity contribution is -0.668. The Balaban J connectivity index is 1.53. The Morgan fingerprint density at radius 2 is 1.79 bits per heavy atom. The number of para-hydroxylation sites is 2. The van der Waals surface area contributed by atoms with Crippen molar-refractivity contribution in [3.8, 4) is 16.3 Å². The molecule has 5 rings (SSSR count). The number of hydrogen-bond donors (Lipinski definition) is 1. The molecule has 0 atom stereocenters. The molecule has 172 valence electrons. The molecule has 0 aliphatic rings. The molecule has 0 fully saturated rings. The van der Waals surface area contributed by atoms with Gasteiger partial charge < -0.3 is 0 Å². The average Bonchev–Trinajstić information content (AvgIpc) is 3.56. The van der Waals surface area contributed by atoms with Crippen molar-refractivity contribution in [2.24, 2.45) is 0 Å². The number of hydrogen-bond acceptors (Lipinski definition) is 5. The van der Waals surface area contributed by atoms with Gasteiger partial charge in [-0.3, -0.25) is 4.55 Å². The summed E-state index contributed by atoms with van der Waals surface area (Å²) in [6, 6.07) is 22.1. The molecule has 0 unspecified atom stereocenters. The molecule has 1 N–H and O–H groups in total. The van der Waals surface area contributed by atoms with Crippen LogP contribution in [0.4, 0.5) is 0 Å². The van der Waals surface area contributed by atoms with Crippen LogP contribution in [0.5, 0.6) is 0 Å². The zero-order chi connectivity index (χ0) is 23.5. The summed E-state index contributed by atoms with van der Waals surface area (Å²) in [4.78, 5) is 1.09. The zero-order valence-electron chi connectivity index (χ0n) is 18.1. The summed E-state index contributed by atoms with van der Waals surface area (Å²) in [5.41, 5.74) is 3.94. The van der Waals surface area contributed by atoms with Crippen molar-refractivity contribution in [3.63, 3.8) is 0 Å². The van der Waals surface area contributed by atoms with E-state index >= 15 is 0 Å². The Hall–Kier alpha value is -3.11. The van der Waals surface area contributed by atoms with Gasteiger partial charge in [0.25, 0.3) is 15.1 Å². The lowest BCUT2D eigenvalue weighted by Crippen LogP contribution is -2.35. The SMILES string of the molecule is O=S(=O)(O)CCC[n+]1c(C=Cc2cn(-c3ccccc3)nc2-c2cccs2)sc2ccccc21. The van der Waals surface area contributed by atoms with Crippen LogP contribution in [-0.4, -0.2) is 28.5 Å². The van der Waals surface area contributed by atoms with Crippen molar-refractivity contribution in [1.82, 2.24) is 9.78 Å². The maximum atomic E-state index is 11.2. The Kier molecular flexibility index (Phi) is 6.42. The summed E-state index contributed by atoms with van der Waals surface area (Å²) >= 11 is 3.30. The maximum absolute atomic E-state index is 11.2. The summed E-state index contributed by atoms with van der Waals surface area (Å²) in [5, 5.41) is 7.90. The molecule has 0 aliphatic heterocycles. The quantitative estimate of drug-likeness (QED) is 0.220. The third-order valence-corrected chi connectivity index (χ3v) is 8.16. The van der Waals surface area contributed by atoms with Gasteiger partial charge in [-0.05, 0) is 35.7 Å². The monoisotopic (exact) mass is 508 g/mol. The van der Waals surface area contributed by atoms with E-state index in [0.29, 0.717) is 13.0 Å². The minimum absolute atomic E-state index is 0.264. The van der Waals surface area contributed by atoms with E-state index in [4.69, 9.17) is 9.65 Å². The third-order valence-electron chi connectivity index (χ3n) is 5.34. The fourth-order valence-corrected chi connectivity index (χ4v) is 6.12. The number of aromatic nitrogens is 3. The number of benzene rings is 2. The second-order valence-electron chi connectivity index (χ2n) is 7.72. The Morgan fingerprint density at radius 1 is 1.00 bits per heavy atom. The van der Waals surface area contributed by atoms with Gasteiger partial charge in [0.2, 0.25) is 5.52 Å². The van der Waals surface area contributed by atoms with E-state index in [9.17, 15) is 8.42 Å². The second kappa shape index (κ2) is 9.63. The summed E-state index contributed by atoms with van der Waals surface area (Å²) in [7, 11) is -3.99. The highest BCUT2D eigenvalue weighted by atomic mass is 32.2. The predicted molar refractivity (Wildman–Crippen MR) is 139 cm³/mol. The molecule has 34 heavy (non-hydrogen) atoms. The highest BCUT2D eigenvalue weighted by molar-refractivity contribution is 7.85. The third kappa shape index (κ3) is 5.02. The molecular weight excluding hydrogens is 486 g/mol. The van der Waals surface area contributed by atoms with Crippen LogP contribution in [0.3, 0.4) is 0 Å². The maximum Gasteiger partial charge on any atom is 0.265 e. The molecule has 3 aromatic heterocycles. The van der Waals surface area contributed by atoms with Gasteiger partial charge in [0.05, 0.1) is 16.3 Å². The van der Waals surface area contributed by atoms with E-state index in [-0.39, 0.29) is 5.75 Å². The molecule has 6 nitrogen and oxygen atoms in total. The van der Waals surface area contributed by atoms with Crippen LogP contribution in [0, 0.1) is 0 Å². The van der Waals surface area contributed by atoms with Crippen LogP contribution < -0.4 is 4.57 Å². The predicted octanol–water partition coefficient (Wildman–Crippen LogP) is 5.55. The minimum Gasteiger partial charge on any atom is -0.286 e. The molecule has 0 amide bonds. The number of nitrogens with zero attached hydrogens (tertiary/aromatic N) is 3. The summed E-state index contributed by atoms with van der Waals surface area (Å²) < 4.78 is 36.7. The largest absolute Gasteiger partial charge is 0.286 e. The summed E-state index contributed by atoms with van der Waals surface area (Å²) in [6.45, 7) is 0.491. The Labute approximate surface area is 205 Å². The lowest BCUT2D eigenvalue weighted by Gasteiger charge is -1.99. The van der Waals surface area contributed by atoms with E-state index in [1.807, 2.05) is 70.9 Å². The van der Waals surface area contributed by atoms with Gasteiger partial charge in [0.15, 0.2) is 6.54 Å². The van der Waals surface area contributed by atoms with Gasteiger partial charge >= 0.3 is 0 Å². The van der Waals surface area contributed by atoms with Crippen molar-refractivity contribution >= 4 is 55.2 Å². The Bertz CT molecular complexity index is 1550. The summed E-state index contributed by atoms with van der Waals surface area (Å²) in [6.07, 6.45) is 6.47. The standard InChI is InChI=1S/C25H21N3O3S3/c29-34(30,31)17-7-15-27-21-10-4-5-11-22(21)33-24(27)14-13-19-18-28(20-8-2-1-3-9-20)26-25(19)23-12-6-16-32-23/h1-6,8-14,16,18H,7,15,17H2/p+1. The van der Waals surface area contributed by atoms with Crippen LogP contribution in [0.2, 0.25) is 0 Å². The van der Waals surface area contributed by atoms with Crippen LogP contribution in [0.25, 0.3) is 38.6 Å². The molecule has 0 saturated carbocycles. The van der Waals surface area contributed by atoms with Crippen molar-refractivity contribution in [3.05, 3.63) is 88.9 Å². The molecule has 0 spiro atoms. The number of fused-ring (bicyclic) bond motifs is 1. The van der Waals surface area contributed by atoms with Crippen LogP contribution in [-0.2, 0) is 16.7 Å². The number of aryl methyl sites for hydroxylation is 1. The molecular formula is C25H22N3O3S3+. The molecule has 2 aromatic carbocycles. The minimum atomic E-state index is -3.99. The molecule has 3 heterocycles. The average molecular weight is 509 g/mol. The normalized spacial score (nSPS) is 12.1. The van der Waals surface area contributed by atoms with Crippen LogP contribution in [0.15, 0.2) is 78.3 Å². The van der Waals surface area contributed by atoms with Gasteiger partial charge in [-0.25, -0.2) is 4.68 Å². The first-order valence-corrected chi connectivity index (χ1v) is 14.0. The highest BCUT2D eigenvalue weighted by Gasteiger charge is 2.20. The van der Waals surface area contributed by atoms with E-state index in [2.05, 4.69) is 28.9 Å². The van der Waals surface area contributed by atoms with Gasteiger partial charge in [-0.1, -0.05) is 47.7 Å². The van der Waals surface area contributed by atoms with E-state index < -0.39 is 10.1 Å². The van der Waals surface area contributed by atoms with E-state index in [0.717, 1.165) is 37.0 Å². The smallest absolute Gasteiger partial charge is 0.265 e. The number of thiophene rings is 1. The fourth-order valence-electron chi connectivity index (χ4n) is 3.80. The first kappa shape index (κ1) is 22.7. The first-order valence-electron chi connectivity index (χ1n) is 10.7. The van der Waals surface area contributed by atoms with Gasteiger partial charge in [-0.15, -0.1) is 11.3 Å². The number of rotatable bonds is 8. The molecule has 0 saturated heterocycles. The molecule has 0 aliphatic carbocycles. The number of thiazole rings is 1. The van der Waals surface area contributed by atoms with Gasteiger partial charge in [0, 0.05) is 30.3 Å². The van der Waals surface area contributed by atoms with Crippen molar-refractivity contribution < 1.29 is 17.5 Å². The molecule has 0 radical (unpaired) electrons. The van der Waals surface area contributed by atoms with Gasteiger partial charge in [0.1, 0.15) is 10.4 Å². The molecule has 9 heteroatoms. The van der Waals surface area contributed by atoms with Gasteiger partial charge in [-0.2, -0.15) is 18.1 Å². The van der Waals surface area contributed by atoms with Crippen LogP contribution >= 0.6 is 22.7 Å². The van der Waals surface area contributed by atoms with E-state index in [1.54, 1.807) is 22.7 Å². The second-order valence-corrected chi connectivity index (χ2v) is 11.3. The van der Waals surface area contributed by atoms with Crippen molar-refractivity contribution in [1.29, 1.82) is 0 Å². The topological polar surface area (TPSA) is 76.1 Å². The lowest BCUT2D eigenvalue weighted by atomic mass is 10.2. The summed E-state index contributed by atoms with van der Waals surface area (Å²) in [5.74, 6) is -0.264. The van der Waals surface area contributed by atoms with Crippen LogP contribution in [0.1, 0.15) is 17.0 Å². The van der Waals surface area contributed by atoms with E-state index in [1.165, 1.54) is 0 Å². The Morgan fingerprint density at radius 3 is 2.56 bits per heavy atom. The zero-order valence-corrected chi connectivity index (χ0v) is 20.6. The highest BCUT2D eigenvalue weighted by Crippen LogP contribution is 2.30. The molecule has 0 bridgehead atoms. The molecule has 5 aromatic rings. The first-order chi connectivity index (χ1) is 16.5.